The van der Waals surface area contributed by atoms with Crippen LogP contribution in [0.15, 0.2) is 103 Å². The van der Waals surface area contributed by atoms with E-state index in [2.05, 4.69) is 121 Å². The molecule has 0 aliphatic carbocycles. The van der Waals surface area contributed by atoms with Crippen LogP contribution in [0.5, 0.6) is 0 Å². The van der Waals surface area contributed by atoms with Crippen molar-refractivity contribution in [1.82, 2.24) is 10.6 Å². The second-order valence-corrected chi connectivity index (χ2v) is 7.82. The summed E-state index contributed by atoms with van der Waals surface area (Å²) in [6, 6.07) is 37.0. The van der Waals surface area contributed by atoms with Gasteiger partial charge in [-0.1, -0.05) is 103 Å². The molecule has 0 spiro atoms. The van der Waals surface area contributed by atoms with Crippen molar-refractivity contribution in [1.29, 1.82) is 0 Å². The van der Waals surface area contributed by atoms with E-state index in [1.807, 2.05) is 0 Å². The minimum absolute atomic E-state index is 0.317. The molecular weight excluding hydrogens is 364 g/mol. The minimum Gasteiger partial charge on any atom is -0.315 e. The first-order chi connectivity index (χ1) is 14.8. The molecule has 0 aromatic heterocycles. The molecule has 4 aromatic rings. The van der Waals surface area contributed by atoms with E-state index < -0.39 is 0 Å². The van der Waals surface area contributed by atoms with Gasteiger partial charge in [0.15, 0.2) is 0 Å². The van der Waals surface area contributed by atoms with Gasteiger partial charge in [-0.2, -0.15) is 0 Å². The van der Waals surface area contributed by atoms with Crippen molar-refractivity contribution in [3.8, 4) is 0 Å². The molecule has 0 fully saturated rings. The van der Waals surface area contributed by atoms with Crippen molar-refractivity contribution in [2.75, 3.05) is 19.6 Å². The Morgan fingerprint density at radius 3 is 1.93 bits per heavy atom. The summed E-state index contributed by atoms with van der Waals surface area (Å²) in [5, 5.41) is 9.98. The fraction of sp³-hybridized carbons (Fsp3) is 0.214. The molecule has 0 heterocycles. The van der Waals surface area contributed by atoms with Crippen LogP contribution in [0.25, 0.3) is 10.8 Å². The fourth-order valence-corrected chi connectivity index (χ4v) is 4.16. The van der Waals surface area contributed by atoms with E-state index in [4.69, 9.17) is 0 Å². The molecule has 30 heavy (non-hydrogen) atoms. The van der Waals surface area contributed by atoms with E-state index >= 15 is 0 Å². The first kappa shape index (κ1) is 20.3. The van der Waals surface area contributed by atoms with Gasteiger partial charge >= 0.3 is 0 Å². The molecule has 0 unspecified atom stereocenters. The molecule has 0 radical (unpaired) electrons. The Labute approximate surface area is 180 Å². The molecule has 152 valence electrons. The minimum atomic E-state index is 0.317. The highest BCUT2D eigenvalue weighted by molar-refractivity contribution is 5.86. The predicted octanol–water partition coefficient (Wildman–Crippen LogP) is 5.91. The van der Waals surface area contributed by atoms with Crippen LogP contribution in [-0.4, -0.2) is 19.6 Å². The number of rotatable bonds is 9. The van der Waals surface area contributed by atoms with Crippen LogP contribution in [0, 0.1) is 0 Å². The lowest BCUT2D eigenvalue weighted by Gasteiger charge is -2.20. The van der Waals surface area contributed by atoms with Crippen LogP contribution in [0.3, 0.4) is 0 Å². The maximum Gasteiger partial charge on any atom is 0.0298 e. The standard InChI is InChI=1S/C28H30N2/c1-22(26-18-10-16-23-15-8-9-17-27(23)26)30-20-19-29-21-28(24-11-4-2-5-12-24)25-13-6-3-7-14-25/h2-18,22,28-30H,19-21H2,1H3/t22-/m1/s1. The second kappa shape index (κ2) is 10.2. The Hall–Kier alpha value is -2.94. The molecule has 1 atom stereocenters. The molecule has 4 rings (SSSR count). The van der Waals surface area contributed by atoms with E-state index in [0.29, 0.717) is 12.0 Å². The van der Waals surface area contributed by atoms with Crippen molar-refractivity contribution in [2.45, 2.75) is 18.9 Å². The molecule has 2 heteroatoms. The van der Waals surface area contributed by atoms with E-state index in [9.17, 15) is 0 Å². The van der Waals surface area contributed by atoms with E-state index in [0.717, 1.165) is 19.6 Å². The Morgan fingerprint density at radius 2 is 1.23 bits per heavy atom. The number of hydrogen-bond donors (Lipinski definition) is 2. The quantitative estimate of drug-likeness (QED) is 0.345. The van der Waals surface area contributed by atoms with Gasteiger partial charge in [-0.3, -0.25) is 0 Å². The molecule has 2 N–H and O–H groups in total. The van der Waals surface area contributed by atoms with Crippen LogP contribution >= 0.6 is 0 Å². The van der Waals surface area contributed by atoms with Crippen LogP contribution in [0.4, 0.5) is 0 Å². The number of nitrogens with one attached hydrogen (secondary N) is 2. The lowest BCUT2D eigenvalue weighted by Crippen LogP contribution is -2.31. The molecule has 0 aliphatic rings. The van der Waals surface area contributed by atoms with Crippen LogP contribution in [0.1, 0.15) is 35.6 Å². The summed E-state index contributed by atoms with van der Waals surface area (Å²) in [6.07, 6.45) is 0. The van der Waals surface area contributed by atoms with Crippen LogP contribution in [-0.2, 0) is 0 Å². The Morgan fingerprint density at radius 1 is 0.633 bits per heavy atom. The molecule has 0 bridgehead atoms. The number of hydrogen-bond acceptors (Lipinski definition) is 2. The van der Waals surface area contributed by atoms with Crippen LogP contribution < -0.4 is 10.6 Å². The Balaban J connectivity index is 1.33. The summed E-state index contributed by atoms with van der Waals surface area (Å²) in [7, 11) is 0. The normalized spacial score (nSPS) is 12.3. The second-order valence-electron chi connectivity index (χ2n) is 7.82. The van der Waals surface area contributed by atoms with Crippen molar-refractivity contribution in [3.63, 3.8) is 0 Å². The summed E-state index contributed by atoms with van der Waals surface area (Å²) in [6.45, 7) is 5.04. The van der Waals surface area contributed by atoms with Gasteiger partial charge in [0.2, 0.25) is 0 Å². The number of fused-ring (bicyclic) bond motifs is 1. The summed E-state index contributed by atoms with van der Waals surface area (Å²) in [4.78, 5) is 0. The molecule has 0 aliphatic heterocycles. The van der Waals surface area contributed by atoms with Crippen molar-refractivity contribution >= 4 is 10.8 Å². The topological polar surface area (TPSA) is 24.1 Å². The summed E-state index contributed by atoms with van der Waals surface area (Å²) in [5.41, 5.74) is 4.07. The third-order valence-corrected chi connectivity index (χ3v) is 5.79. The smallest absolute Gasteiger partial charge is 0.0298 e. The highest BCUT2D eigenvalue weighted by atomic mass is 15.0. The van der Waals surface area contributed by atoms with Gasteiger partial charge in [0.1, 0.15) is 0 Å². The summed E-state index contributed by atoms with van der Waals surface area (Å²) < 4.78 is 0. The average molecular weight is 395 g/mol. The first-order valence-electron chi connectivity index (χ1n) is 10.8. The maximum absolute atomic E-state index is 3.68. The van der Waals surface area contributed by atoms with Gasteiger partial charge in [0, 0.05) is 31.6 Å². The average Bonchev–Trinajstić information content (AvgIpc) is 2.82. The predicted molar refractivity (Wildman–Crippen MR) is 128 cm³/mol. The number of benzene rings is 4. The van der Waals surface area contributed by atoms with E-state index in [1.165, 1.54) is 27.5 Å². The molecule has 0 amide bonds. The SMILES string of the molecule is C[C@@H](NCCNCC(c1ccccc1)c1ccccc1)c1cccc2ccccc12. The van der Waals surface area contributed by atoms with Gasteiger partial charge in [-0.25, -0.2) is 0 Å². The molecule has 0 saturated carbocycles. The van der Waals surface area contributed by atoms with Gasteiger partial charge in [0.05, 0.1) is 0 Å². The summed E-state index contributed by atoms with van der Waals surface area (Å²) in [5.74, 6) is 0.364. The molecular formula is C28H30N2. The Kier molecular flexibility index (Phi) is 6.91. The molecule has 2 nitrogen and oxygen atoms in total. The Bertz CT molecular complexity index is 999. The zero-order valence-electron chi connectivity index (χ0n) is 17.6. The third-order valence-electron chi connectivity index (χ3n) is 5.79. The highest BCUT2D eigenvalue weighted by Crippen LogP contribution is 2.25. The fourth-order valence-electron chi connectivity index (χ4n) is 4.16. The van der Waals surface area contributed by atoms with Crippen LogP contribution in [0.2, 0.25) is 0 Å². The zero-order valence-corrected chi connectivity index (χ0v) is 17.6. The van der Waals surface area contributed by atoms with Gasteiger partial charge in [-0.05, 0) is 34.4 Å². The van der Waals surface area contributed by atoms with Crippen molar-refractivity contribution < 1.29 is 0 Å². The van der Waals surface area contributed by atoms with Gasteiger partial charge in [0.25, 0.3) is 0 Å². The zero-order chi connectivity index (χ0) is 20.6. The molecule has 4 aromatic carbocycles. The lowest BCUT2D eigenvalue weighted by molar-refractivity contribution is 0.540. The van der Waals surface area contributed by atoms with E-state index in [-0.39, 0.29) is 0 Å². The van der Waals surface area contributed by atoms with Crippen molar-refractivity contribution in [2.24, 2.45) is 0 Å². The summed E-state index contributed by atoms with van der Waals surface area (Å²) >= 11 is 0. The lowest BCUT2D eigenvalue weighted by atomic mass is 9.91. The maximum atomic E-state index is 3.68. The van der Waals surface area contributed by atoms with Gasteiger partial charge < -0.3 is 10.6 Å². The van der Waals surface area contributed by atoms with E-state index in [1.54, 1.807) is 0 Å². The molecule has 0 saturated heterocycles. The highest BCUT2D eigenvalue weighted by Gasteiger charge is 2.13. The third kappa shape index (κ3) is 4.96. The first-order valence-corrected chi connectivity index (χ1v) is 10.8. The monoisotopic (exact) mass is 394 g/mol. The largest absolute Gasteiger partial charge is 0.315 e. The van der Waals surface area contributed by atoms with Gasteiger partial charge in [-0.15, -0.1) is 0 Å². The van der Waals surface area contributed by atoms with Crippen molar-refractivity contribution in [3.05, 3.63) is 120 Å².